The maximum absolute atomic E-state index is 13.3. The van der Waals surface area contributed by atoms with E-state index in [-0.39, 0.29) is 23.8 Å². The summed E-state index contributed by atoms with van der Waals surface area (Å²) in [7, 11) is 1.62. The molecule has 0 spiro atoms. The van der Waals surface area contributed by atoms with E-state index in [1.807, 2.05) is 55.5 Å². The zero-order chi connectivity index (χ0) is 24.6. The molecule has 2 aromatic carbocycles. The van der Waals surface area contributed by atoms with Gasteiger partial charge in [0, 0.05) is 6.42 Å². The molecule has 1 saturated carbocycles. The molecule has 2 N–H and O–H groups in total. The number of carbonyl (C=O) groups excluding carboxylic acids is 2. The summed E-state index contributed by atoms with van der Waals surface area (Å²) in [5.41, 5.74) is 1.82. The molecule has 2 atom stereocenters. The number of carbonyl (C=O) groups is 2. The van der Waals surface area contributed by atoms with Crippen molar-refractivity contribution in [2.24, 2.45) is 0 Å². The van der Waals surface area contributed by atoms with Crippen LogP contribution in [0, 0.1) is 0 Å². The minimum absolute atomic E-state index is 0.159. The highest BCUT2D eigenvalue weighted by atomic mass is 16.5. The maximum atomic E-state index is 13.3. The molecule has 4 rings (SSSR count). The summed E-state index contributed by atoms with van der Waals surface area (Å²) < 4.78 is 16.9. The SMILES string of the molecule is COc1cc(C(C)NC(=O)C(Cc2ccccc2)NC(=O)c2ccco2)ccc1OC1CCCC1. The number of furan rings is 1. The maximum Gasteiger partial charge on any atom is 0.287 e. The van der Waals surface area contributed by atoms with Crippen molar-refractivity contribution in [1.82, 2.24) is 10.6 Å². The highest BCUT2D eigenvalue weighted by Gasteiger charge is 2.25. The van der Waals surface area contributed by atoms with E-state index in [4.69, 9.17) is 13.9 Å². The molecule has 2 unspecified atom stereocenters. The van der Waals surface area contributed by atoms with Crippen LogP contribution in [-0.4, -0.2) is 31.1 Å². The number of hydrogen-bond acceptors (Lipinski definition) is 5. The Morgan fingerprint density at radius 1 is 1.00 bits per heavy atom. The van der Waals surface area contributed by atoms with E-state index in [1.54, 1.807) is 19.2 Å². The molecular weight excluding hydrogens is 444 g/mol. The molecule has 0 radical (unpaired) electrons. The summed E-state index contributed by atoms with van der Waals surface area (Å²) in [4.78, 5) is 25.9. The van der Waals surface area contributed by atoms with E-state index >= 15 is 0 Å². The van der Waals surface area contributed by atoms with Gasteiger partial charge in [0.05, 0.1) is 25.5 Å². The smallest absolute Gasteiger partial charge is 0.287 e. The Kier molecular flexibility index (Phi) is 8.08. The standard InChI is InChI=1S/C28H32N2O5/c1-19(21-14-15-24(26(18-21)33-2)35-22-11-6-7-12-22)29-27(31)23(17-20-9-4-3-5-10-20)30-28(32)25-13-8-16-34-25/h3-5,8-10,13-16,18-19,22-23H,6-7,11-12,17H2,1-2H3,(H,29,31)(H,30,32). The number of benzene rings is 2. The summed E-state index contributed by atoms with van der Waals surface area (Å²) in [6, 6.07) is 17.4. The van der Waals surface area contributed by atoms with Gasteiger partial charge in [-0.1, -0.05) is 36.4 Å². The highest BCUT2D eigenvalue weighted by Crippen LogP contribution is 2.33. The number of hydrogen-bond donors (Lipinski definition) is 2. The van der Waals surface area contributed by atoms with Crippen molar-refractivity contribution < 1.29 is 23.5 Å². The Labute approximate surface area is 205 Å². The van der Waals surface area contributed by atoms with Gasteiger partial charge in [-0.3, -0.25) is 9.59 Å². The molecule has 0 aliphatic heterocycles. The average Bonchev–Trinajstić information content (AvgIpc) is 3.59. The van der Waals surface area contributed by atoms with Crippen LogP contribution in [0.1, 0.15) is 60.3 Å². The predicted molar refractivity (Wildman–Crippen MR) is 133 cm³/mol. The fourth-order valence-electron chi connectivity index (χ4n) is 4.33. The molecule has 1 fully saturated rings. The molecule has 7 heteroatoms. The molecule has 1 aromatic heterocycles. The number of ether oxygens (including phenoxy) is 2. The van der Waals surface area contributed by atoms with Crippen molar-refractivity contribution >= 4 is 11.8 Å². The first-order valence-electron chi connectivity index (χ1n) is 12.1. The van der Waals surface area contributed by atoms with Crippen molar-refractivity contribution in [2.75, 3.05) is 7.11 Å². The lowest BCUT2D eigenvalue weighted by Crippen LogP contribution is -2.48. The third-order valence-electron chi connectivity index (χ3n) is 6.29. The fraction of sp³-hybridized carbons (Fsp3) is 0.357. The normalized spacial score (nSPS) is 15.3. The van der Waals surface area contributed by atoms with E-state index in [1.165, 1.54) is 19.1 Å². The second-order valence-electron chi connectivity index (χ2n) is 8.86. The van der Waals surface area contributed by atoms with E-state index in [0.29, 0.717) is 17.9 Å². The molecule has 1 aliphatic rings. The van der Waals surface area contributed by atoms with Gasteiger partial charge < -0.3 is 24.5 Å². The van der Waals surface area contributed by atoms with Crippen LogP contribution in [0.3, 0.4) is 0 Å². The van der Waals surface area contributed by atoms with Crippen LogP contribution in [0.25, 0.3) is 0 Å². The quantitative estimate of drug-likeness (QED) is 0.438. The van der Waals surface area contributed by atoms with Crippen molar-refractivity contribution in [3.05, 3.63) is 83.8 Å². The van der Waals surface area contributed by atoms with Gasteiger partial charge in [0.1, 0.15) is 6.04 Å². The van der Waals surface area contributed by atoms with Crippen LogP contribution >= 0.6 is 0 Å². The van der Waals surface area contributed by atoms with Crippen molar-refractivity contribution in [3.8, 4) is 11.5 Å². The van der Waals surface area contributed by atoms with Crippen molar-refractivity contribution in [3.63, 3.8) is 0 Å². The van der Waals surface area contributed by atoms with Crippen LogP contribution in [0.5, 0.6) is 11.5 Å². The predicted octanol–water partition coefficient (Wildman–Crippen LogP) is 4.83. The summed E-state index contributed by atoms with van der Waals surface area (Å²) in [6.45, 7) is 1.90. The lowest BCUT2D eigenvalue weighted by Gasteiger charge is -2.22. The second-order valence-corrected chi connectivity index (χ2v) is 8.86. The van der Waals surface area contributed by atoms with Gasteiger partial charge in [-0.2, -0.15) is 0 Å². The van der Waals surface area contributed by atoms with Crippen LogP contribution in [0.2, 0.25) is 0 Å². The highest BCUT2D eigenvalue weighted by molar-refractivity contribution is 5.95. The van der Waals surface area contributed by atoms with E-state index in [2.05, 4.69) is 10.6 Å². The van der Waals surface area contributed by atoms with Gasteiger partial charge in [0.15, 0.2) is 17.3 Å². The summed E-state index contributed by atoms with van der Waals surface area (Å²) in [5, 5.41) is 5.84. The monoisotopic (exact) mass is 476 g/mol. The molecular formula is C28H32N2O5. The van der Waals surface area contributed by atoms with Crippen LogP contribution in [0.4, 0.5) is 0 Å². The summed E-state index contributed by atoms with van der Waals surface area (Å²) in [6.07, 6.45) is 6.50. The van der Waals surface area contributed by atoms with Crippen molar-refractivity contribution in [2.45, 2.75) is 57.2 Å². The largest absolute Gasteiger partial charge is 0.493 e. The number of amides is 2. The summed E-state index contributed by atoms with van der Waals surface area (Å²) >= 11 is 0. The molecule has 3 aromatic rings. The van der Waals surface area contributed by atoms with Gasteiger partial charge >= 0.3 is 0 Å². The van der Waals surface area contributed by atoms with Crippen molar-refractivity contribution in [1.29, 1.82) is 0 Å². The third-order valence-corrected chi connectivity index (χ3v) is 6.29. The zero-order valence-electron chi connectivity index (χ0n) is 20.2. The summed E-state index contributed by atoms with van der Waals surface area (Å²) in [5.74, 6) is 0.795. The first-order chi connectivity index (χ1) is 17.0. The lowest BCUT2D eigenvalue weighted by atomic mass is 10.0. The first kappa shape index (κ1) is 24.4. The lowest BCUT2D eigenvalue weighted by molar-refractivity contribution is -0.123. The molecule has 0 saturated heterocycles. The second kappa shape index (κ2) is 11.6. The van der Waals surface area contributed by atoms with Gasteiger partial charge in [0.2, 0.25) is 5.91 Å². The Bertz CT molecular complexity index is 1110. The van der Waals surface area contributed by atoms with Gasteiger partial charge in [-0.15, -0.1) is 0 Å². The third kappa shape index (κ3) is 6.44. The molecule has 7 nitrogen and oxygen atoms in total. The topological polar surface area (TPSA) is 89.8 Å². The van der Waals surface area contributed by atoms with Crippen LogP contribution in [-0.2, 0) is 11.2 Å². The van der Waals surface area contributed by atoms with Gasteiger partial charge in [-0.25, -0.2) is 0 Å². The van der Waals surface area contributed by atoms with E-state index in [0.717, 1.165) is 24.0 Å². The molecule has 2 amide bonds. The average molecular weight is 477 g/mol. The van der Waals surface area contributed by atoms with Crippen LogP contribution < -0.4 is 20.1 Å². The van der Waals surface area contributed by atoms with Gasteiger partial charge in [-0.05, 0) is 68.0 Å². The molecule has 184 valence electrons. The Morgan fingerprint density at radius 3 is 2.46 bits per heavy atom. The molecule has 1 heterocycles. The zero-order valence-corrected chi connectivity index (χ0v) is 20.2. The Hall–Kier alpha value is -3.74. The van der Waals surface area contributed by atoms with E-state index in [9.17, 15) is 9.59 Å². The number of rotatable bonds is 10. The van der Waals surface area contributed by atoms with Crippen LogP contribution in [0.15, 0.2) is 71.3 Å². The molecule has 35 heavy (non-hydrogen) atoms. The first-order valence-corrected chi connectivity index (χ1v) is 12.1. The Morgan fingerprint density at radius 2 is 1.77 bits per heavy atom. The minimum Gasteiger partial charge on any atom is -0.493 e. The van der Waals surface area contributed by atoms with E-state index < -0.39 is 11.9 Å². The minimum atomic E-state index is -0.774. The number of methoxy groups -OCH3 is 1. The Balaban J connectivity index is 1.46. The molecule has 0 bridgehead atoms. The molecule has 1 aliphatic carbocycles. The number of nitrogens with one attached hydrogen (secondary N) is 2. The van der Waals surface area contributed by atoms with Gasteiger partial charge in [0.25, 0.3) is 5.91 Å². The fourth-order valence-corrected chi connectivity index (χ4v) is 4.33.